The molecule has 0 bridgehead atoms. The third kappa shape index (κ3) is 4.66. The number of aromatic nitrogens is 2. The minimum Gasteiger partial charge on any atom is -0.481 e. The highest BCUT2D eigenvalue weighted by atomic mass is 16.4. The van der Waals surface area contributed by atoms with Crippen LogP contribution in [0.3, 0.4) is 0 Å². The SMILES string of the molecule is O=C(O)C1CN(C(=O)CN2CCCCC2)CCN(c2ncccn2)C1. The standard InChI is InChI=1S/C17H25N5O3/c23-15(13-20-7-2-1-3-8-20)21-9-10-22(12-14(11-21)16(24)25)17-18-5-4-6-19-17/h4-6,14H,1-3,7-13H2,(H,24,25). The van der Waals surface area contributed by atoms with Crippen molar-refractivity contribution in [3.05, 3.63) is 18.5 Å². The Morgan fingerprint density at radius 2 is 1.76 bits per heavy atom. The van der Waals surface area contributed by atoms with Crippen molar-refractivity contribution in [3.8, 4) is 0 Å². The maximum Gasteiger partial charge on any atom is 0.310 e. The Bertz CT molecular complexity index is 591. The molecule has 2 aliphatic heterocycles. The number of nitrogens with zero attached hydrogens (tertiary/aromatic N) is 5. The van der Waals surface area contributed by atoms with E-state index >= 15 is 0 Å². The predicted molar refractivity (Wildman–Crippen MR) is 92.2 cm³/mol. The number of likely N-dealkylation sites (tertiary alicyclic amines) is 1. The summed E-state index contributed by atoms with van der Waals surface area (Å²) in [6, 6.07) is 1.73. The first kappa shape index (κ1) is 17.6. The number of carbonyl (C=O) groups is 2. The molecule has 1 unspecified atom stereocenters. The summed E-state index contributed by atoms with van der Waals surface area (Å²) in [4.78, 5) is 38.4. The summed E-state index contributed by atoms with van der Waals surface area (Å²) in [5.41, 5.74) is 0. The van der Waals surface area contributed by atoms with Crippen LogP contribution in [0.15, 0.2) is 18.5 Å². The van der Waals surface area contributed by atoms with Crippen molar-refractivity contribution < 1.29 is 14.7 Å². The van der Waals surface area contributed by atoms with Crippen molar-refractivity contribution in [1.82, 2.24) is 19.8 Å². The maximum absolute atomic E-state index is 12.7. The van der Waals surface area contributed by atoms with Crippen LogP contribution >= 0.6 is 0 Å². The number of anilines is 1. The van der Waals surface area contributed by atoms with Crippen molar-refractivity contribution in [2.75, 3.05) is 50.7 Å². The van der Waals surface area contributed by atoms with Crippen LogP contribution in [0.4, 0.5) is 5.95 Å². The average Bonchev–Trinajstić information content (AvgIpc) is 2.87. The van der Waals surface area contributed by atoms with Gasteiger partial charge in [-0.2, -0.15) is 0 Å². The molecule has 1 N–H and O–H groups in total. The molecule has 0 aliphatic carbocycles. The number of carboxylic acid groups (broad SMARTS) is 1. The molecule has 136 valence electrons. The minimum absolute atomic E-state index is 0.0176. The molecule has 8 heteroatoms. The van der Waals surface area contributed by atoms with E-state index in [2.05, 4.69) is 14.9 Å². The summed E-state index contributed by atoms with van der Waals surface area (Å²) >= 11 is 0. The van der Waals surface area contributed by atoms with Crippen LogP contribution in [-0.4, -0.2) is 82.6 Å². The zero-order valence-corrected chi connectivity index (χ0v) is 14.4. The topological polar surface area (TPSA) is 89.9 Å². The van der Waals surface area contributed by atoms with Gasteiger partial charge in [0.2, 0.25) is 11.9 Å². The highest BCUT2D eigenvalue weighted by molar-refractivity contribution is 5.80. The molecule has 3 rings (SSSR count). The van der Waals surface area contributed by atoms with E-state index in [0.29, 0.717) is 32.1 Å². The van der Waals surface area contributed by atoms with Crippen LogP contribution < -0.4 is 4.90 Å². The van der Waals surface area contributed by atoms with Crippen molar-refractivity contribution >= 4 is 17.8 Å². The molecule has 2 saturated heterocycles. The van der Waals surface area contributed by atoms with E-state index in [4.69, 9.17) is 0 Å². The Morgan fingerprint density at radius 1 is 1.04 bits per heavy atom. The second-order valence-electron chi connectivity index (χ2n) is 6.71. The van der Waals surface area contributed by atoms with Crippen LogP contribution in [0, 0.1) is 5.92 Å². The van der Waals surface area contributed by atoms with Crippen LogP contribution in [-0.2, 0) is 9.59 Å². The van der Waals surface area contributed by atoms with Gasteiger partial charge in [-0.3, -0.25) is 14.5 Å². The lowest BCUT2D eigenvalue weighted by atomic mass is 10.1. The second-order valence-corrected chi connectivity index (χ2v) is 6.71. The third-order valence-corrected chi connectivity index (χ3v) is 4.87. The van der Waals surface area contributed by atoms with Gasteiger partial charge in [-0.05, 0) is 32.0 Å². The smallest absolute Gasteiger partial charge is 0.310 e. The maximum atomic E-state index is 12.7. The molecule has 2 fully saturated rings. The molecule has 1 aromatic rings. The molecule has 2 aliphatic rings. The van der Waals surface area contributed by atoms with Crippen LogP contribution in [0.2, 0.25) is 0 Å². The Labute approximate surface area is 147 Å². The van der Waals surface area contributed by atoms with Gasteiger partial charge in [-0.25, -0.2) is 9.97 Å². The highest BCUT2D eigenvalue weighted by Crippen LogP contribution is 2.16. The molecule has 3 heterocycles. The van der Waals surface area contributed by atoms with Gasteiger partial charge in [0.15, 0.2) is 0 Å². The largest absolute Gasteiger partial charge is 0.481 e. The Balaban J connectivity index is 1.66. The minimum atomic E-state index is -0.890. The average molecular weight is 347 g/mol. The van der Waals surface area contributed by atoms with Crippen LogP contribution in [0.25, 0.3) is 0 Å². The van der Waals surface area contributed by atoms with Gasteiger partial charge in [-0.15, -0.1) is 0 Å². The number of piperidine rings is 1. The van der Waals surface area contributed by atoms with Gasteiger partial charge in [0, 0.05) is 38.6 Å². The molecular weight excluding hydrogens is 322 g/mol. The Hall–Kier alpha value is -2.22. The Morgan fingerprint density at radius 3 is 2.44 bits per heavy atom. The number of carbonyl (C=O) groups excluding carboxylic acids is 1. The van der Waals surface area contributed by atoms with Gasteiger partial charge < -0.3 is 14.9 Å². The number of aliphatic carboxylic acids is 1. The number of hydrogen-bond acceptors (Lipinski definition) is 6. The third-order valence-electron chi connectivity index (χ3n) is 4.87. The molecule has 25 heavy (non-hydrogen) atoms. The molecule has 1 aromatic heterocycles. The van der Waals surface area contributed by atoms with Gasteiger partial charge >= 0.3 is 5.97 Å². The zero-order valence-electron chi connectivity index (χ0n) is 14.4. The lowest BCUT2D eigenvalue weighted by Crippen LogP contribution is -2.45. The molecule has 0 radical (unpaired) electrons. The first-order chi connectivity index (χ1) is 12.1. The van der Waals surface area contributed by atoms with E-state index < -0.39 is 11.9 Å². The highest BCUT2D eigenvalue weighted by Gasteiger charge is 2.31. The fourth-order valence-corrected chi connectivity index (χ4v) is 3.44. The summed E-state index contributed by atoms with van der Waals surface area (Å²) in [5.74, 6) is -1.00. The van der Waals surface area contributed by atoms with Crippen LogP contribution in [0.1, 0.15) is 19.3 Å². The summed E-state index contributed by atoms with van der Waals surface area (Å²) < 4.78 is 0. The van der Waals surface area contributed by atoms with Crippen molar-refractivity contribution in [2.24, 2.45) is 5.92 Å². The Kier molecular flexibility index (Phi) is 5.80. The van der Waals surface area contributed by atoms with E-state index in [9.17, 15) is 14.7 Å². The molecule has 1 amide bonds. The van der Waals surface area contributed by atoms with Gasteiger partial charge in [0.1, 0.15) is 0 Å². The number of hydrogen-bond donors (Lipinski definition) is 1. The molecule has 0 saturated carbocycles. The lowest BCUT2D eigenvalue weighted by molar-refractivity contribution is -0.143. The van der Waals surface area contributed by atoms with E-state index in [0.717, 1.165) is 25.9 Å². The molecular formula is C17H25N5O3. The number of amides is 1. The van der Waals surface area contributed by atoms with Gasteiger partial charge in [0.05, 0.1) is 12.5 Å². The number of carboxylic acids is 1. The predicted octanol–water partition coefficient (Wildman–Crippen LogP) is 0.312. The zero-order chi connectivity index (χ0) is 17.6. The van der Waals surface area contributed by atoms with Crippen molar-refractivity contribution in [2.45, 2.75) is 19.3 Å². The molecule has 1 atom stereocenters. The normalized spacial score (nSPS) is 22.5. The summed E-state index contributed by atoms with van der Waals surface area (Å²) in [7, 11) is 0. The fourth-order valence-electron chi connectivity index (χ4n) is 3.44. The molecule has 8 nitrogen and oxygen atoms in total. The summed E-state index contributed by atoms with van der Waals surface area (Å²) in [6.07, 6.45) is 6.76. The molecule has 0 aromatic carbocycles. The quantitative estimate of drug-likeness (QED) is 0.838. The van der Waals surface area contributed by atoms with E-state index in [-0.39, 0.29) is 12.5 Å². The van der Waals surface area contributed by atoms with E-state index in [1.807, 2.05) is 4.90 Å². The first-order valence-corrected chi connectivity index (χ1v) is 8.88. The molecule has 0 spiro atoms. The van der Waals surface area contributed by atoms with E-state index in [1.165, 1.54) is 6.42 Å². The van der Waals surface area contributed by atoms with Gasteiger partial charge in [0.25, 0.3) is 0 Å². The number of rotatable bonds is 4. The van der Waals surface area contributed by atoms with Crippen molar-refractivity contribution in [3.63, 3.8) is 0 Å². The van der Waals surface area contributed by atoms with Crippen LogP contribution in [0.5, 0.6) is 0 Å². The fraction of sp³-hybridized carbons (Fsp3) is 0.647. The summed E-state index contributed by atoms with van der Waals surface area (Å²) in [5, 5.41) is 9.53. The van der Waals surface area contributed by atoms with Gasteiger partial charge in [-0.1, -0.05) is 6.42 Å². The summed E-state index contributed by atoms with van der Waals surface area (Å²) in [6.45, 7) is 3.87. The monoisotopic (exact) mass is 347 g/mol. The lowest BCUT2D eigenvalue weighted by Gasteiger charge is -2.29. The first-order valence-electron chi connectivity index (χ1n) is 8.88. The second kappa shape index (κ2) is 8.24. The van der Waals surface area contributed by atoms with Crippen molar-refractivity contribution in [1.29, 1.82) is 0 Å². The van der Waals surface area contributed by atoms with E-state index in [1.54, 1.807) is 23.4 Å².